The van der Waals surface area contributed by atoms with E-state index in [2.05, 4.69) is 0 Å². The van der Waals surface area contributed by atoms with Crippen LogP contribution in [0.2, 0.25) is 0 Å². The highest BCUT2D eigenvalue weighted by Crippen LogP contribution is 2.20. The van der Waals surface area contributed by atoms with E-state index in [9.17, 15) is 4.39 Å². The third-order valence-corrected chi connectivity index (χ3v) is 2.43. The summed E-state index contributed by atoms with van der Waals surface area (Å²) in [6.07, 6.45) is 2.85. The molecule has 1 aliphatic carbocycles. The largest absolute Gasteiger partial charge is 0.327 e. The van der Waals surface area contributed by atoms with Gasteiger partial charge >= 0.3 is 0 Å². The first-order valence-electron chi connectivity index (χ1n) is 4.28. The summed E-state index contributed by atoms with van der Waals surface area (Å²) in [7, 11) is 0. The van der Waals surface area contributed by atoms with Crippen LogP contribution in [0.3, 0.4) is 0 Å². The molecule has 0 aliphatic heterocycles. The van der Waals surface area contributed by atoms with Gasteiger partial charge in [-0.15, -0.1) is 0 Å². The molecule has 0 spiro atoms. The summed E-state index contributed by atoms with van der Waals surface area (Å²) in [5.41, 5.74) is 8.13. The first-order chi connectivity index (χ1) is 5.75. The predicted octanol–water partition coefficient (Wildman–Crippen LogP) is 1.64. The predicted molar refractivity (Wildman–Crippen MR) is 46.4 cm³/mol. The van der Waals surface area contributed by atoms with Gasteiger partial charge in [-0.2, -0.15) is 0 Å². The first kappa shape index (κ1) is 7.74. The Morgan fingerprint density at radius 1 is 1.33 bits per heavy atom. The number of rotatable bonds is 0. The van der Waals surface area contributed by atoms with E-state index in [1.54, 1.807) is 6.07 Å². The Morgan fingerprint density at radius 2 is 2.17 bits per heavy atom. The van der Waals surface area contributed by atoms with Crippen molar-refractivity contribution in [3.63, 3.8) is 0 Å². The molecule has 1 aliphatic rings. The quantitative estimate of drug-likeness (QED) is 0.621. The van der Waals surface area contributed by atoms with E-state index >= 15 is 0 Å². The van der Waals surface area contributed by atoms with Gasteiger partial charge in [-0.1, -0.05) is 6.07 Å². The fraction of sp³-hybridized carbons (Fsp3) is 0.400. The molecule has 64 valence electrons. The highest BCUT2D eigenvalue weighted by Gasteiger charge is 2.15. The molecule has 1 atom stereocenters. The lowest BCUT2D eigenvalue weighted by molar-refractivity contribution is 0.566. The number of hydrogen-bond acceptors (Lipinski definition) is 1. The van der Waals surface area contributed by atoms with Gasteiger partial charge in [0.2, 0.25) is 0 Å². The Morgan fingerprint density at radius 3 is 3.00 bits per heavy atom. The molecule has 0 saturated carbocycles. The van der Waals surface area contributed by atoms with Crippen molar-refractivity contribution < 1.29 is 4.39 Å². The van der Waals surface area contributed by atoms with Crippen molar-refractivity contribution in [1.82, 2.24) is 0 Å². The van der Waals surface area contributed by atoms with Crippen LogP contribution < -0.4 is 5.73 Å². The fourth-order valence-electron chi connectivity index (χ4n) is 1.75. The monoisotopic (exact) mass is 165 g/mol. The fourth-order valence-corrected chi connectivity index (χ4v) is 1.75. The summed E-state index contributed by atoms with van der Waals surface area (Å²) in [6.45, 7) is 0. The van der Waals surface area contributed by atoms with E-state index in [1.807, 2.05) is 6.07 Å². The normalized spacial score (nSPS) is 22.0. The topological polar surface area (TPSA) is 26.0 Å². The van der Waals surface area contributed by atoms with Crippen LogP contribution in [-0.4, -0.2) is 6.04 Å². The Labute approximate surface area is 71.4 Å². The lowest BCUT2D eigenvalue weighted by atomic mass is 9.89. The number of halogens is 1. The zero-order valence-corrected chi connectivity index (χ0v) is 6.89. The van der Waals surface area contributed by atoms with Crippen LogP contribution in [0, 0.1) is 5.82 Å². The Balaban J connectivity index is 2.37. The standard InChI is InChI=1S/C10H12FN/c11-9-3-1-7-2-4-10(12)6-8(7)5-9/h1,3,5,10H,2,4,6,12H2/t10-/m0/s1. The van der Waals surface area contributed by atoms with Crippen molar-refractivity contribution in [3.8, 4) is 0 Å². The maximum absolute atomic E-state index is 12.8. The second kappa shape index (κ2) is 2.87. The van der Waals surface area contributed by atoms with E-state index < -0.39 is 0 Å². The lowest BCUT2D eigenvalue weighted by Gasteiger charge is -2.20. The van der Waals surface area contributed by atoms with Crippen molar-refractivity contribution in [1.29, 1.82) is 0 Å². The third kappa shape index (κ3) is 1.34. The van der Waals surface area contributed by atoms with E-state index in [0.29, 0.717) is 0 Å². The minimum atomic E-state index is -0.150. The molecule has 2 heteroatoms. The van der Waals surface area contributed by atoms with Crippen LogP contribution in [0.15, 0.2) is 18.2 Å². The molecule has 1 aromatic carbocycles. The molecule has 0 aromatic heterocycles. The Hall–Kier alpha value is -0.890. The van der Waals surface area contributed by atoms with Gasteiger partial charge in [0.15, 0.2) is 0 Å². The van der Waals surface area contributed by atoms with Crippen molar-refractivity contribution in [2.45, 2.75) is 25.3 Å². The lowest BCUT2D eigenvalue weighted by Crippen LogP contribution is -2.27. The molecule has 0 fully saturated rings. The smallest absolute Gasteiger partial charge is 0.123 e. The average molecular weight is 165 g/mol. The summed E-state index contributed by atoms with van der Waals surface area (Å²) < 4.78 is 12.8. The van der Waals surface area contributed by atoms with Crippen LogP contribution in [0.5, 0.6) is 0 Å². The minimum Gasteiger partial charge on any atom is -0.327 e. The maximum atomic E-state index is 12.8. The zero-order chi connectivity index (χ0) is 8.55. The van der Waals surface area contributed by atoms with Crippen LogP contribution in [0.1, 0.15) is 17.5 Å². The summed E-state index contributed by atoms with van der Waals surface area (Å²) in [5, 5.41) is 0. The van der Waals surface area contributed by atoms with Gasteiger partial charge in [0.1, 0.15) is 5.82 Å². The molecular formula is C10H12FN. The average Bonchev–Trinajstić information content (AvgIpc) is 2.03. The summed E-state index contributed by atoms with van der Waals surface area (Å²) in [4.78, 5) is 0. The van der Waals surface area contributed by atoms with Crippen molar-refractivity contribution >= 4 is 0 Å². The highest BCUT2D eigenvalue weighted by molar-refractivity contribution is 5.30. The second-order valence-corrected chi connectivity index (χ2v) is 3.42. The van der Waals surface area contributed by atoms with Gasteiger partial charge in [0.25, 0.3) is 0 Å². The molecule has 1 aromatic rings. The third-order valence-electron chi connectivity index (χ3n) is 2.43. The van der Waals surface area contributed by atoms with E-state index in [4.69, 9.17) is 5.73 Å². The van der Waals surface area contributed by atoms with Gasteiger partial charge in [-0.3, -0.25) is 0 Å². The Bertz CT molecular complexity index is 296. The van der Waals surface area contributed by atoms with Crippen LogP contribution in [0.25, 0.3) is 0 Å². The van der Waals surface area contributed by atoms with E-state index in [0.717, 1.165) is 24.8 Å². The van der Waals surface area contributed by atoms with Crippen molar-refractivity contribution in [2.24, 2.45) is 5.73 Å². The van der Waals surface area contributed by atoms with Crippen molar-refractivity contribution in [3.05, 3.63) is 35.1 Å². The molecule has 2 N–H and O–H groups in total. The summed E-state index contributed by atoms with van der Waals surface area (Å²) >= 11 is 0. The first-order valence-corrected chi connectivity index (χ1v) is 4.28. The number of aryl methyl sites for hydroxylation is 1. The molecule has 2 rings (SSSR count). The van der Waals surface area contributed by atoms with Gasteiger partial charge in [0, 0.05) is 6.04 Å². The molecule has 12 heavy (non-hydrogen) atoms. The van der Waals surface area contributed by atoms with Gasteiger partial charge < -0.3 is 5.73 Å². The van der Waals surface area contributed by atoms with Crippen LogP contribution in [-0.2, 0) is 12.8 Å². The summed E-state index contributed by atoms with van der Waals surface area (Å²) in [6, 6.07) is 5.22. The SMILES string of the molecule is N[C@H]1CCc2ccc(F)cc2C1. The van der Waals surface area contributed by atoms with Crippen LogP contribution >= 0.6 is 0 Å². The number of fused-ring (bicyclic) bond motifs is 1. The van der Waals surface area contributed by atoms with Gasteiger partial charge in [-0.25, -0.2) is 4.39 Å². The molecule has 1 nitrogen and oxygen atoms in total. The van der Waals surface area contributed by atoms with E-state index in [1.165, 1.54) is 11.6 Å². The Kier molecular flexibility index (Phi) is 1.85. The second-order valence-electron chi connectivity index (χ2n) is 3.42. The molecule has 0 bridgehead atoms. The number of nitrogens with two attached hydrogens (primary N) is 1. The molecular weight excluding hydrogens is 153 g/mol. The number of hydrogen-bond donors (Lipinski definition) is 1. The maximum Gasteiger partial charge on any atom is 0.123 e. The zero-order valence-electron chi connectivity index (χ0n) is 6.89. The summed E-state index contributed by atoms with van der Waals surface area (Å²) in [5.74, 6) is -0.150. The molecule has 0 unspecified atom stereocenters. The molecule has 0 saturated heterocycles. The van der Waals surface area contributed by atoms with Gasteiger partial charge in [-0.05, 0) is 42.5 Å². The van der Waals surface area contributed by atoms with E-state index in [-0.39, 0.29) is 11.9 Å². The van der Waals surface area contributed by atoms with Gasteiger partial charge in [0.05, 0.1) is 0 Å². The number of benzene rings is 1. The molecule has 0 amide bonds. The molecule has 0 radical (unpaired) electrons. The molecule has 0 heterocycles. The van der Waals surface area contributed by atoms with Crippen molar-refractivity contribution in [2.75, 3.05) is 0 Å². The highest BCUT2D eigenvalue weighted by atomic mass is 19.1. The van der Waals surface area contributed by atoms with Crippen LogP contribution in [0.4, 0.5) is 4.39 Å². The minimum absolute atomic E-state index is 0.150.